The predicted molar refractivity (Wildman–Crippen MR) is 101 cm³/mol. The predicted octanol–water partition coefficient (Wildman–Crippen LogP) is 5.00. The minimum absolute atomic E-state index is 0.434. The summed E-state index contributed by atoms with van der Waals surface area (Å²) in [4.78, 5) is 4.67. The molecule has 0 fully saturated rings. The summed E-state index contributed by atoms with van der Waals surface area (Å²) in [6.07, 6.45) is 2.36. The van der Waals surface area contributed by atoms with Crippen molar-refractivity contribution in [3.05, 3.63) is 71.6 Å². The SMILES string of the molecule is CCc1ccc(-c2nc(COc3ccc(-c4nnco4)cc3)cs2)cc1. The number of ether oxygens (including phenoxy) is 1. The Hall–Kier alpha value is -2.99. The molecule has 0 N–H and O–H groups in total. The second-order valence-corrected chi connectivity index (χ2v) is 6.61. The van der Waals surface area contributed by atoms with E-state index in [1.165, 1.54) is 12.0 Å². The molecule has 4 aromatic rings. The molecule has 6 heteroatoms. The lowest BCUT2D eigenvalue weighted by Crippen LogP contribution is -1.95. The van der Waals surface area contributed by atoms with E-state index in [1.54, 1.807) is 11.3 Å². The summed E-state index contributed by atoms with van der Waals surface area (Å²) in [7, 11) is 0. The lowest BCUT2D eigenvalue weighted by atomic mass is 10.1. The Morgan fingerprint density at radius 1 is 1.00 bits per heavy atom. The van der Waals surface area contributed by atoms with E-state index in [0.29, 0.717) is 12.5 Å². The van der Waals surface area contributed by atoms with Crippen LogP contribution in [0.2, 0.25) is 0 Å². The number of nitrogens with zero attached hydrogens (tertiary/aromatic N) is 3. The van der Waals surface area contributed by atoms with Crippen molar-refractivity contribution in [1.29, 1.82) is 0 Å². The topological polar surface area (TPSA) is 61.0 Å². The van der Waals surface area contributed by atoms with Crippen LogP contribution in [-0.4, -0.2) is 15.2 Å². The van der Waals surface area contributed by atoms with E-state index in [1.807, 2.05) is 29.6 Å². The minimum atomic E-state index is 0.434. The summed E-state index contributed by atoms with van der Waals surface area (Å²) in [5, 5.41) is 10.6. The molecule has 0 atom stereocenters. The fourth-order valence-electron chi connectivity index (χ4n) is 2.54. The molecule has 130 valence electrons. The maximum Gasteiger partial charge on any atom is 0.247 e. The average molecular weight is 363 g/mol. The zero-order valence-corrected chi connectivity index (χ0v) is 15.1. The normalized spacial score (nSPS) is 10.8. The van der Waals surface area contributed by atoms with E-state index in [-0.39, 0.29) is 0 Å². The van der Waals surface area contributed by atoms with Crippen molar-refractivity contribution in [3.8, 4) is 27.8 Å². The van der Waals surface area contributed by atoms with Crippen molar-refractivity contribution in [2.45, 2.75) is 20.0 Å². The van der Waals surface area contributed by atoms with Gasteiger partial charge in [-0.1, -0.05) is 31.2 Å². The van der Waals surface area contributed by atoms with Gasteiger partial charge in [-0.2, -0.15) is 0 Å². The summed E-state index contributed by atoms with van der Waals surface area (Å²) in [6.45, 7) is 2.59. The van der Waals surface area contributed by atoms with E-state index < -0.39 is 0 Å². The Labute approximate surface area is 155 Å². The van der Waals surface area contributed by atoms with Gasteiger partial charge in [-0.25, -0.2) is 4.98 Å². The number of hydrogen-bond acceptors (Lipinski definition) is 6. The molecular weight excluding hydrogens is 346 g/mol. The van der Waals surface area contributed by atoms with Gasteiger partial charge in [-0.3, -0.25) is 0 Å². The lowest BCUT2D eigenvalue weighted by Gasteiger charge is -2.04. The molecule has 2 aromatic heterocycles. The second-order valence-electron chi connectivity index (χ2n) is 5.75. The van der Waals surface area contributed by atoms with E-state index >= 15 is 0 Å². The number of thiazole rings is 1. The maximum atomic E-state index is 5.83. The van der Waals surface area contributed by atoms with Crippen molar-refractivity contribution in [1.82, 2.24) is 15.2 Å². The van der Waals surface area contributed by atoms with Crippen molar-refractivity contribution in [2.24, 2.45) is 0 Å². The molecular formula is C20H17N3O2S. The van der Waals surface area contributed by atoms with Crippen LogP contribution in [0.15, 0.2) is 64.7 Å². The zero-order chi connectivity index (χ0) is 17.8. The molecule has 0 aliphatic rings. The van der Waals surface area contributed by atoms with Crippen LogP contribution in [0.1, 0.15) is 18.2 Å². The van der Waals surface area contributed by atoms with Gasteiger partial charge in [0.05, 0.1) is 5.69 Å². The van der Waals surface area contributed by atoms with Crippen LogP contribution >= 0.6 is 11.3 Å². The Morgan fingerprint density at radius 3 is 2.46 bits per heavy atom. The fourth-order valence-corrected chi connectivity index (χ4v) is 3.35. The van der Waals surface area contributed by atoms with E-state index in [0.717, 1.165) is 34.0 Å². The smallest absolute Gasteiger partial charge is 0.247 e. The van der Waals surface area contributed by atoms with Gasteiger partial charge in [-0.15, -0.1) is 21.5 Å². The van der Waals surface area contributed by atoms with Crippen molar-refractivity contribution >= 4 is 11.3 Å². The summed E-state index contributed by atoms with van der Waals surface area (Å²) in [5.41, 5.74) is 4.26. The summed E-state index contributed by atoms with van der Waals surface area (Å²) >= 11 is 1.63. The Balaban J connectivity index is 1.39. The summed E-state index contributed by atoms with van der Waals surface area (Å²) < 4.78 is 11.0. The standard InChI is InChI=1S/C20H17N3O2S/c1-2-14-3-5-16(6-4-14)20-22-17(12-26-20)11-24-18-9-7-15(8-10-18)19-23-21-13-25-19/h3-10,12-13H,2,11H2,1H3. The first-order valence-corrected chi connectivity index (χ1v) is 9.23. The van der Waals surface area contributed by atoms with E-state index in [9.17, 15) is 0 Å². The third-order valence-electron chi connectivity index (χ3n) is 4.01. The van der Waals surface area contributed by atoms with Crippen LogP contribution in [0, 0.1) is 0 Å². The average Bonchev–Trinajstić information content (AvgIpc) is 3.39. The minimum Gasteiger partial charge on any atom is -0.487 e. The van der Waals surface area contributed by atoms with Crippen molar-refractivity contribution in [2.75, 3.05) is 0 Å². The molecule has 2 heterocycles. The highest BCUT2D eigenvalue weighted by Gasteiger charge is 2.07. The van der Waals surface area contributed by atoms with Gasteiger partial charge in [0.1, 0.15) is 17.4 Å². The second kappa shape index (κ2) is 7.49. The van der Waals surface area contributed by atoms with Gasteiger partial charge in [0, 0.05) is 16.5 Å². The first-order valence-electron chi connectivity index (χ1n) is 8.35. The van der Waals surface area contributed by atoms with E-state index in [2.05, 4.69) is 46.4 Å². The quantitative estimate of drug-likeness (QED) is 0.482. The molecule has 0 saturated heterocycles. The van der Waals surface area contributed by atoms with Crippen LogP contribution in [0.25, 0.3) is 22.0 Å². The zero-order valence-electron chi connectivity index (χ0n) is 14.3. The lowest BCUT2D eigenvalue weighted by molar-refractivity contribution is 0.302. The van der Waals surface area contributed by atoms with Gasteiger partial charge in [-0.05, 0) is 36.2 Å². The third kappa shape index (κ3) is 3.65. The highest BCUT2D eigenvalue weighted by atomic mass is 32.1. The monoisotopic (exact) mass is 363 g/mol. The first-order chi connectivity index (χ1) is 12.8. The molecule has 4 rings (SSSR count). The maximum absolute atomic E-state index is 5.83. The highest BCUT2D eigenvalue weighted by molar-refractivity contribution is 7.13. The van der Waals surface area contributed by atoms with Crippen molar-refractivity contribution in [3.63, 3.8) is 0 Å². The molecule has 0 unspecified atom stereocenters. The highest BCUT2D eigenvalue weighted by Crippen LogP contribution is 2.25. The molecule has 0 aliphatic heterocycles. The van der Waals surface area contributed by atoms with Gasteiger partial charge in [0.15, 0.2) is 0 Å². The fraction of sp³-hybridized carbons (Fsp3) is 0.150. The molecule has 0 aliphatic carbocycles. The number of aryl methyl sites for hydroxylation is 1. The van der Waals surface area contributed by atoms with Gasteiger partial charge < -0.3 is 9.15 Å². The Bertz CT molecular complexity index is 961. The van der Waals surface area contributed by atoms with Crippen LogP contribution in [-0.2, 0) is 13.0 Å². The first kappa shape index (κ1) is 16.5. The Morgan fingerprint density at radius 2 is 1.77 bits per heavy atom. The third-order valence-corrected chi connectivity index (χ3v) is 4.95. The van der Waals surface area contributed by atoms with E-state index in [4.69, 9.17) is 9.15 Å². The summed E-state index contributed by atoms with van der Waals surface area (Å²) in [6, 6.07) is 16.1. The van der Waals surface area contributed by atoms with Gasteiger partial charge >= 0.3 is 0 Å². The molecule has 0 amide bonds. The molecule has 0 radical (unpaired) electrons. The number of benzene rings is 2. The van der Waals surface area contributed by atoms with Crippen LogP contribution < -0.4 is 4.74 Å². The van der Waals surface area contributed by atoms with Crippen LogP contribution in [0.3, 0.4) is 0 Å². The van der Waals surface area contributed by atoms with Crippen LogP contribution in [0.5, 0.6) is 5.75 Å². The van der Waals surface area contributed by atoms with Gasteiger partial charge in [0.2, 0.25) is 12.3 Å². The molecule has 5 nitrogen and oxygen atoms in total. The molecule has 0 saturated carbocycles. The van der Waals surface area contributed by atoms with Crippen molar-refractivity contribution < 1.29 is 9.15 Å². The molecule has 2 aromatic carbocycles. The Kier molecular flexibility index (Phi) is 4.75. The van der Waals surface area contributed by atoms with Crippen LogP contribution in [0.4, 0.5) is 0 Å². The molecule has 0 bridgehead atoms. The number of aromatic nitrogens is 3. The molecule has 0 spiro atoms. The van der Waals surface area contributed by atoms with Gasteiger partial charge in [0.25, 0.3) is 0 Å². The largest absolute Gasteiger partial charge is 0.487 e. The number of hydrogen-bond donors (Lipinski definition) is 0. The molecule has 26 heavy (non-hydrogen) atoms. The number of rotatable bonds is 6. The summed E-state index contributed by atoms with van der Waals surface area (Å²) in [5.74, 6) is 1.27.